The van der Waals surface area contributed by atoms with Crippen molar-refractivity contribution in [2.75, 3.05) is 0 Å². The van der Waals surface area contributed by atoms with Crippen LogP contribution in [0.2, 0.25) is 0 Å². The van der Waals surface area contributed by atoms with Crippen LogP contribution in [0.15, 0.2) is 54.6 Å². The van der Waals surface area contributed by atoms with Crippen LogP contribution in [0.1, 0.15) is 29.5 Å². The second-order valence-corrected chi connectivity index (χ2v) is 4.86. The predicted molar refractivity (Wildman–Crippen MR) is 79.3 cm³/mol. The van der Waals surface area contributed by atoms with Gasteiger partial charge < -0.3 is 5.11 Å². The number of thiocarbonyl (C=S) groups is 1. The largest absolute Gasteiger partial charge is 0.499 e. The molecule has 0 amide bonds. The minimum Gasteiger partial charge on any atom is -0.499 e. The zero-order valence-electron chi connectivity index (χ0n) is 10.3. The molecule has 2 rings (SSSR count). The Hall–Kier alpha value is -1.67. The molecule has 1 unspecified atom stereocenters. The summed E-state index contributed by atoms with van der Waals surface area (Å²) in [4.78, 5) is 0. The Morgan fingerprint density at radius 1 is 1.06 bits per heavy atom. The first-order valence-electron chi connectivity index (χ1n) is 6.04. The third-order valence-electron chi connectivity index (χ3n) is 3.14. The Labute approximate surface area is 113 Å². The highest BCUT2D eigenvalue weighted by Crippen LogP contribution is 2.22. The lowest BCUT2D eigenvalue weighted by molar-refractivity contribution is 0.569. The van der Waals surface area contributed by atoms with Crippen LogP contribution in [0.3, 0.4) is 0 Å². The first-order chi connectivity index (χ1) is 8.68. The predicted octanol–water partition coefficient (Wildman–Crippen LogP) is 4.27. The highest BCUT2D eigenvalue weighted by Gasteiger charge is 2.11. The van der Waals surface area contributed by atoms with Crippen molar-refractivity contribution in [1.82, 2.24) is 0 Å². The topological polar surface area (TPSA) is 20.2 Å². The molecule has 0 fully saturated rings. The maximum atomic E-state index is 9.52. The Balaban J connectivity index is 2.22. The summed E-state index contributed by atoms with van der Waals surface area (Å²) in [7, 11) is 0. The smallest absolute Gasteiger partial charge is 0.188 e. The highest BCUT2D eigenvalue weighted by atomic mass is 32.1. The van der Waals surface area contributed by atoms with Gasteiger partial charge in [0.15, 0.2) is 5.05 Å². The Kier molecular flexibility index (Phi) is 4.11. The van der Waals surface area contributed by atoms with Crippen LogP contribution in [-0.2, 0) is 6.42 Å². The lowest BCUT2D eigenvalue weighted by Crippen LogP contribution is -2.05. The van der Waals surface area contributed by atoms with Crippen molar-refractivity contribution in [1.29, 1.82) is 0 Å². The van der Waals surface area contributed by atoms with E-state index in [9.17, 15) is 5.11 Å². The average Bonchev–Trinajstić information content (AvgIpc) is 2.40. The van der Waals surface area contributed by atoms with Crippen LogP contribution in [0.25, 0.3) is 0 Å². The Bertz CT molecular complexity index is 534. The molecule has 2 aromatic rings. The molecule has 0 aromatic heterocycles. The fourth-order valence-corrected chi connectivity index (χ4v) is 2.34. The van der Waals surface area contributed by atoms with Gasteiger partial charge in [-0.25, -0.2) is 0 Å². The minimum atomic E-state index is -0.0224. The highest BCUT2D eigenvalue weighted by molar-refractivity contribution is 7.80. The summed E-state index contributed by atoms with van der Waals surface area (Å²) in [6, 6.07) is 18.2. The molecular formula is C16H16OS. The van der Waals surface area contributed by atoms with Crippen molar-refractivity contribution in [2.45, 2.75) is 19.3 Å². The molecule has 0 bridgehead atoms. The summed E-state index contributed by atoms with van der Waals surface area (Å²) >= 11 is 4.87. The van der Waals surface area contributed by atoms with E-state index in [4.69, 9.17) is 12.2 Å². The molecular weight excluding hydrogens is 240 g/mol. The van der Waals surface area contributed by atoms with Gasteiger partial charge >= 0.3 is 0 Å². The minimum absolute atomic E-state index is 0.0224. The third-order valence-corrected chi connectivity index (χ3v) is 3.36. The van der Waals surface area contributed by atoms with Crippen molar-refractivity contribution in [3.63, 3.8) is 0 Å². The monoisotopic (exact) mass is 256 g/mol. The summed E-state index contributed by atoms with van der Waals surface area (Å²) in [6.07, 6.45) is 0.876. The van der Waals surface area contributed by atoms with E-state index < -0.39 is 0 Å². The van der Waals surface area contributed by atoms with Crippen molar-refractivity contribution in [3.8, 4) is 0 Å². The molecule has 0 saturated heterocycles. The van der Waals surface area contributed by atoms with Gasteiger partial charge in [-0.1, -0.05) is 61.5 Å². The molecule has 2 heteroatoms. The van der Waals surface area contributed by atoms with Gasteiger partial charge in [0.1, 0.15) is 0 Å². The summed E-state index contributed by atoms with van der Waals surface area (Å²) in [5, 5.41) is 9.50. The van der Waals surface area contributed by atoms with E-state index in [0.717, 1.165) is 17.5 Å². The first kappa shape index (κ1) is 12.8. The van der Waals surface area contributed by atoms with Gasteiger partial charge in [-0.3, -0.25) is 0 Å². The van der Waals surface area contributed by atoms with Crippen LogP contribution in [0.4, 0.5) is 0 Å². The Morgan fingerprint density at radius 2 is 1.67 bits per heavy atom. The summed E-state index contributed by atoms with van der Waals surface area (Å²) in [5.74, 6) is 0.404. The normalized spacial score (nSPS) is 12.1. The van der Waals surface area contributed by atoms with Gasteiger partial charge in [0.05, 0.1) is 0 Å². The average molecular weight is 256 g/mol. The van der Waals surface area contributed by atoms with Crippen LogP contribution in [0.5, 0.6) is 0 Å². The fourth-order valence-electron chi connectivity index (χ4n) is 2.14. The van der Waals surface area contributed by atoms with E-state index >= 15 is 0 Å². The van der Waals surface area contributed by atoms with E-state index in [2.05, 4.69) is 31.2 Å². The standard InChI is InChI=1S/C16H16OS/c1-12(13-7-3-2-4-8-13)11-14-9-5-6-10-15(14)16(17)18/h2-10,12H,11H2,1H3,(H,17,18). The summed E-state index contributed by atoms with van der Waals surface area (Å²) in [6.45, 7) is 2.19. The maximum absolute atomic E-state index is 9.52. The second-order valence-electron chi connectivity index (χ2n) is 4.48. The zero-order valence-corrected chi connectivity index (χ0v) is 11.2. The van der Waals surface area contributed by atoms with Crippen molar-refractivity contribution in [2.24, 2.45) is 0 Å². The molecule has 92 valence electrons. The molecule has 0 aliphatic rings. The third kappa shape index (κ3) is 2.96. The van der Waals surface area contributed by atoms with Crippen molar-refractivity contribution in [3.05, 3.63) is 71.3 Å². The number of aliphatic hydroxyl groups is 1. The first-order valence-corrected chi connectivity index (χ1v) is 6.45. The molecule has 0 heterocycles. The van der Waals surface area contributed by atoms with E-state index in [1.54, 1.807) is 0 Å². The van der Waals surface area contributed by atoms with Gasteiger partial charge in [0, 0.05) is 5.56 Å². The van der Waals surface area contributed by atoms with Crippen molar-refractivity contribution < 1.29 is 5.11 Å². The summed E-state index contributed by atoms with van der Waals surface area (Å²) in [5.41, 5.74) is 3.17. The van der Waals surface area contributed by atoms with Gasteiger partial charge in [-0.05, 0) is 35.7 Å². The fraction of sp³-hybridized carbons (Fsp3) is 0.188. The van der Waals surface area contributed by atoms with Crippen molar-refractivity contribution >= 4 is 17.3 Å². The van der Waals surface area contributed by atoms with Gasteiger partial charge in [-0.2, -0.15) is 0 Å². The van der Waals surface area contributed by atoms with Crippen LogP contribution >= 0.6 is 12.2 Å². The number of hydrogen-bond acceptors (Lipinski definition) is 1. The van der Waals surface area contributed by atoms with Gasteiger partial charge in [0.2, 0.25) is 0 Å². The number of rotatable bonds is 4. The SMILES string of the molecule is CC(Cc1ccccc1C(O)=S)c1ccccc1. The van der Waals surface area contributed by atoms with Crippen LogP contribution < -0.4 is 0 Å². The molecule has 1 atom stereocenters. The lowest BCUT2D eigenvalue weighted by Gasteiger charge is -2.14. The zero-order chi connectivity index (χ0) is 13.0. The molecule has 1 nitrogen and oxygen atoms in total. The van der Waals surface area contributed by atoms with E-state index in [1.165, 1.54) is 5.56 Å². The molecule has 0 radical (unpaired) electrons. The number of benzene rings is 2. The molecule has 0 spiro atoms. The Morgan fingerprint density at radius 3 is 2.33 bits per heavy atom. The number of hydrogen-bond donors (Lipinski definition) is 1. The molecule has 18 heavy (non-hydrogen) atoms. The van der Waals surface area contributed by atoms with Crippen LogP contribution in [0, 0.1) is 0 Å². The van der Waals surface area contributed by atoms with Crippen LogP contribution in [-0.4, -0.2) is 10.2 Å². The van der Waals surface area contributed by atoms with E-state index in [0.29, 0.717) is 5.92 Å². The van der Waals surface area contributed by atoms with Gasteiger partial charge in [0.25, 0.3) is 0 Å². The molecule has 0 aliphatic heterocycles. The molecule has 1 N–H and O–H groups in total. The maximum Gasteiger partial charge on any atom is 0.188 e. The molecule has 0 aliphatic carbocycles. The lowest BCUT2D eigenvalue weighted by atomic mass is 9.91. The quantitative estimate of drug-likeness (QED) is 0.824. The van der Waals surface area contributed by atoms with E-state index in [-0.39, 0.29) is 5.05 Å². The summed E-state index contributed by atoms with van der Waals surface area (Å²) < 4.78 is 0. The molecule has 2 aromatic carbocycles. The second kappa shape index (κ2) is 5.78. The number of aliphatic hydroxyl groups excluding tert-OH is 1. The van der Waals surface area contributed by atoms with E-state index in [1.807, 2.05) is 30.3 Å². The molecule has 0 saturated carbocycles. The van der Waals surface area contributed by atoms with Gasteiger partial charge in [-0.15, -0.1) is 0 Å².